The van der Waals surface area contributed by atoms with Crippen molar-refractivity contribution in [2.24, 2.45) is 5.73 Å². The molecular formula is C26H40N2O5. The summed E-state index contributed by atoms with van der Waals surface area (Å²) < 4.78 is 10.8. The first-order chi connectivity index (χ1) is 15.2. The Hall–Kier alpha value is -2.41. The van der Waals surface area contributed by atoms with Crippen LogP contribution in [0.15, 0.2) is 24.3 Å². The molecule has 0 bridgehead atoms. The molecule has 33 heavy (non-hydrogen) atoms. The van der Waals surface area contributed by atoms with Crippen molar-refractivity contribution in [2.45, 2.75) is 109 Å². The van der Waals surface area contributed by atoms with E-state index in [0.717, 1.165) is 5.56 Å². The van der Waals surface area contributed by atoms with Gasteiger partial charge in [0.1, 0.15) is 17.2 Å². The summed E-state index contributed by atoms with van der Waals surface area (Å²) in [5, 5.41) is 2.75. The molecule has 0 heterocycles. The van der Waals surface area contributed by atoms with Crippen molar-refractivity contribution in [3.05, 3.63) is 35.4 Å². The molecule has 1 aromatic rings. The summed E-state index contributed by atoms with van der Waals surface area (Å²) in [5.41, 5.74) is 6.95. The van der Waals surface area contributed by atoms with Crippen LogP contribution in [0.5, 0.6) is 0 Å². The molecule has 2 rings (SSSR count). The second kappa shape index (κ2) is 11.1. The molecule has 7 heteroatoms. The van der Waals surface area contributed by atoms with Crippen molar-refractivity contribution in [3.63, 3.8) is 0 Å². The minimum atomic E-state index is -0.941. The smallest absolute Gasteiger partial charge is 0.329 e. The van der Waals surface area contributed by atoms with E-state index < -0.39 is 41.1 Å². The molecule has 0 saturated heterocycles. The molecule has 0 radical (unpaired) electrons. The van der Waals surface area contributed by atoms with Gasteiger partial charge in [0.15, 0.2) is 0 Å². The van der Waals surface area contributed by atoms with Crippen molar-refractivity contribution in [3.8, 4) is 0 Å². The third-order valence-corrected chi connectivity index (χ3v) is 5.39. The number of carbonyl (C=O) groups excluding carboxylic acids is 3. The summed E-state index contributed by atoms with van der Waals surface area (Å²) in [6.45, 7) is 10.7. The van der Waals surface area contributed by atoms with Gasteiger partial charge in [0.05, 0.1) is 6.04 Å². The van der Waals surface area contributed by atoms with Crippen molar-refractivity contribution in [2.75, 3.05) is 0 Å². The maximum absolute atomic E-state index is 12.9. The molecule has 1 aliphatic carbocycles. The Morgan fingerprint density at radius 3 is 2.24 bits per heavy atom. The van der Waals surface area contributed by atoms with Gasteiger partial charge in [-0.2, -0.15) is 0 Å². The number of benzene rings is 1. The van der Waals surface area contributed by atoms with E-state index in [4.69, 9.17) is 15.2 Å². The maximum atomic E-state index is 12.9. The van der Waals surface area contributed by atoms with Crippen LogP contribution in [0.3, 0.4) is 0 Å². The first-order valence-corrected chi connectivity index (χ1v) is 11.8. The second-order valence-electron chi connectivity index (χ2n) is 10.9. The van der Waals surface area contributed by atoms with Crippen LogP contribution in [-0.2, 0) is 30.3 Å². The number of rotatable bonds is 9. The highest BCUT2D eigenvalue weighted by Crippen LogP contribution is 2.36. The molecule has 0 unspecified atom stereocenters. The van der Waals surface area contributed by atoms with Gasteiger partial charge in [0.25, 0.3) is 0 Å². The first-order valence-electron chi connectivity index (χ1n) is 11.8. The van der Waals surface area contributed by atoms with E-state index in [1.807, 2.05) is 12.1 Å². The highest BCUT2D eigenvalue weighted by atomic mass is 16.6. The van der Waals surface area contributed by atoms with E-state index in [1.54, 1.807) is 41.5 Å². The van der Waals surface area contributed by atoms with Crippen LogP contribution in [0, 0.1) is 0 Å². The lowest BCUT2D eigenvalue weighted by atomic mass is 9.79. The summed E-state index contributed by atoms with van der Waals surface area (Å²) in [6, 6.07) is 6.35. The van der Waals surface area contributed by atoms with Gasteiger partial charge >= 0.3 is 11.9 Å². The average Bonchev–Trinajstić information content (AvgIpc) is 2.61. The fourth-order valence-corrected chi connectivity index (χ4v) is 3.59. The third kappa shape index (κ3) is 9.54. The summed E-state index contributed by atoms with van der Waals surface area (Å²) >= 11 is 0. The van der Waals surface area contributed by atoms with Gasteiger partial charge in [-0.15, -0.1) is 0 Å². The maximum Gasteiger partial charge on any atom is 0.329 e. The number of nitrogens with one attached hydrogen (secondary N) is 1. The van der Waals surface area contributed by atoms with Gasteiger partial charge < -0.3 is 20.5 Å². The quantitative estimate of drug-likeness (QED) is 0.543. The van der Waals surface area contributed by atoms with Crippen LogP contribution < -0.4 is 11.1 Å². The number of amides is 1. The van der Waals surface area contributed by atoms with Crippen molar-refractivity contribution >= 4 is 17.8 Å². The predicted octanol–water partition coefficient (Wildman–Crippen LogP) is 3.77. The number of hydrogen-bond acceptors (Lipinski definition) is 6. The third-order valence-electron chi connectivity index (χ3n) is 5.39. The Kier molecular flexibility index (Phi) is 9.06. The predicted molar refractivity (Wildman–Crippen MR) is 128 cm³/mol. The Balaban J connectivity index is 2.04. The Morgan fingerprint density at radius 2 is 1.70 bits per heavy atom. The summed E-state index contributed by atoms with van der Waals surface area (Å²) in [6.07, 6.45) is 4.06. The molecule has 0 aliphatic heterocycles. The zero-order chi connectivity index (χ0) is 24.8. The first kappa shape index (κ1) is 26.8. The van der Waals surface area contributed by atoms with E-state index in [1.165, 1.54) is 24.8 Å². The molecule has 2 atom stereocenters. The zero-order valence-electron chi connectivity index (χ0n) is 20.9. The summed E-state index contributed by atoms with van der Waals surface area (Å²) in [5.74, 6) is -0.850. The van der Waals surface area contributed by atoms with Gasteiger partial charge in [0, 0.05) is 12.8 Å². The van der Waals surface area contributed by atoms with E-state index in [2.05, 4.69) is 17.4 Å². The molecular weight excluding hydrogens is 420 g/mol. The minimum Gasteiger partial charge on any atom is -0.460 e. The lowest BCUT2D eigenvalue weighted by molar-refractivity contribution is -0.159. The Morgan fingerprint density at radius 1 is 1.06 bits per heavy atom. The zero-order valence-corrected chi connectivity index (χ0v) is 20.9. The number of nitrogens with two attached hydrogens (primary N) is 1. The number of esters is 2. The normalized spacial score (nSPS) is 16.3. The number of carbonyl (C=O) groups is 3. The number of hydrogen-bond donors (Lipinski definition) is 2. The van der Waals surface area contributed by atoms with Crippen molar-refractivity contribution < 1.29 is 23.9 Å². The van der Waals surface area contributed by atoms with Gasteiger partial charge in [-0.1, -0.05) is 30.7 Å². The molecule has 1 aromatic carbocycles. The molecule has 1 aliphatic rings. The topological polar surface area (TPSA) is 108 Å². The molecule has 1 amide bonds. The largest absolute Gasteiger partial charge is 0.460 e. The van der Waals surface area contributed by atoms with Crippen LogP contribution in [0.1, 0.15) is 90.7 Å². The standard InChI is InChI=1S/C26H40N2O5/c1-25(2,3)32-22(29)14-13-20(27)23(30)28-21(24(31)33-26(4,5)6)16-17-9-7-12-19(15-17)18-10-8-11-18/h7,9,12,15,18,20-21H,8,10-11,13-14,16,27H2,1-6H3,(H,28,30)/t20-,21-/m0/s1. The van der Waals surface area contributed by atoms with Crippen LogP contribution >= 0.6 is 0 Å². The molecule has 0 spiro atoms. The lowest BCUT2D eigenvalue weighted by Gasteiger charge is -2.27. The van der Waals surface area contributed by atoms with Crippen LogP contribution in [0.2, 0.25) is 0 Å². The van der Waals surface area contributed by atoms with Crippen LogP contribution in [0.25, 0.3) is 0 Å². The fraction of sp³-hybridized carbons (Fsp3) is 0.654. The van der Waals surface area contributed by atoms with E-state index in [0.29, 0.717) is 12.3 Å². The highest BCUT2D eigenvalue weighted by molar-refractivity contribution is 5.88. The van der Waals surface area contributed by atoms with Crippen molar-refractivity contribution in [1.82, 2.24) is 5.32 Å². The highest BCUT2D eigenvalue weighted by Gasteiger charge is 2.29. The molecule has 7 nitrogen and oxygen atoms in total. The summed E-state index contributed by atoms with van der Waals surface area (Å²) in [4.78, 5) is 37.6. The monoisotopic (exact) mass is 460 g/mol. The minimum absolute atomic E-state index is 0.0202. The van der Waals surface area contributed by atoms with E-state index in [9.17, 15) is 14.4 Å². The molecule has 3 N–H and O–H groups in total. The van der Waals surface area contributed by atoms with E-state index >= 15 is 0 Å². The van der Waals surface area contributed by atoms with Gasteiger partial charge in [-0.25, -0.2) is 4.79 Å². The SMILES string of the molecule is CC(C)(C)OC(=O)CC[C@H](N)C(=O)N[C@@H](Cc1cccc(C2CCC2)c1)C(=O)OC(C)(C)C. The van der Waals surface area contributed by atoms with E-state index in [-0.39, 0.29) is 12.8 Å². The second-order valence-corrected chi connectivity index (χ2v) is 10.9. The Bertz CT molecular complexity index is 834. The summed E-state index contributed by atoms with van der Waals surface area (Å²) in [7, 11) is 0. The van der Waals surface area contributed by atoms with Gasteiger partial charge in [0.2, 0.25) is 5.91 Å². The van der Waals surface area contributed by atoms with Gasteiger partial charge in [-0.05, 0) is 77.8 Å². The molecule has 1 saturated carbocycles. The van der Waals surface area contributed by atoms with Crippen LogP contribution in [0.4, 0.5) is 0 Å². The Labute approximate surface area is 197 Å². The van der Waals surface area contributed by atoms with Crippen molar-refractivity contribution in [1.29, 1.82) is 0 Å². The molecule has 1 fully saturated rings. The fourth-order valence-electron chi connectivity index (χ4n) is 3.59. The molecule has 0 aromatic heterocycles. The molecule has 184 valence electrons. The average molecular weight is 461 g/mol. The van der Waals surface area contributed by atoms with Crippen LogP contribution in [-0.4, -0.2) is 41.1 Å². The van der Waals surface area contributed by atoms with Gasteiger partial charge in [-0.3, -0.25) is 9.59 Å². The lowest BCUT2D eigenvalue weighted by Crippen LogP contribution is -2.51. The number of ether oxygens (including phenoxy) is 2.